The van der Waals surface area contributed by atoms with Gasteiger partial charge < -0.3 is 15.2 Å². The molecule has 2 aromatic carbocycles. The second-order valence-corrected chi connectivity index (χ2v) is 9.86. The fourth-order valence-corrected chi connectivity index (χ4v) is 4.60. The fraction of sp³-hybridized carbons (Fsp3) is 0.519. The van der Waals surface area contributed by atoms with E-state index in [-0.39, 0.29) is 18.1 Å². The highest BCUT2D eigenvalue weighted by molar-refractivity contribution is 5.76. The summed E-state index contributed by atoms with van der Waals surface area (Å²) in [6.07, 6.45) is 2.02. The van der Waals surface area contributed by atoms with E-state index in [9.17, 15) is 4.79 Å². The van der Waals surface area contributed by atoms with Crippen LogP contribution in [-0.2, 0) is 20.9 Å². The van der Waals surface area contributed by atoms with Gasteiger partial charge in [-0.05, 0) is 69.7 Å². The van der Waals surface area contributed by atoms with Gasteiger partial charge in [0, 0.05) is 19.2 Å². The number of carbonyl (C=O) groups is 1. The second kappa shape index (κ2) is 10.6. The van der Waals surface area contributed by atoms with E-state index in [1.807, 2.05) is 27.7 Å². The van der Waals surface area contributed by atoms with E-state index in [4.69, 9.17) is 15.2 Å². The number of carbonyl (C=O) groups excluding carboxylic acids is 1. The lowest BCUT2D eigenvalue weighted by molar-refractivity contribution is -0.158. The number of esters is 1. The summed E-state index contributed by atoms with van der Waals surface area (Å²) in [6.45, 7) is 9.14. The van der Waals surface area contributed by atoms with Crippen molar-refractivity contribution in [2.75, 3.05) is 13.7 Å². The first-order chi connectivity index (χ1) is 15.2. The van der Waals surface area contributed by atoms with Crippen molar-refractivity contribution in [2.45, 2.75) is 76.8 Å². The predicted octanol–water partition coefficient (Wildman–Crippen LogP) is 4.81. The molecule has 0 aliphatic carbocycles. The van der Waals surface area contributed by atoms with E-state index in [1.54, 1.807) is 7.11 Å². The van der Waals surface area contributed by atoms with Crippen molar-refractivity contribution in [3.05, 3.63) is 71.3 Å². The van der Waals surface area contributed by atoms with Gasteiger partial charge in [0.25, 0.3) is 0 Å². The Hall–Kier alpha value is -2.21. The van der Waals surface area contributed by atoms with E-state index in [0.29, 0.717) is 12.5 Å². The Morgan fingerprint density at radius 3 is 2.34 bits per heavy atom. The van der Waals surface area contributed by atoms with Crippen LogP contribution >= 0.6 is 0 Å². The molecule has 1 aliphatic heterocycles. The molecule has 0 spiro atoms. The number of piperidine rings is 1. The highest BCUT2D eigenvalue weighted by Gasteiger charge is 2.38. The summed E-state index contributed by atoms with van der Waals surface area (Å²) in [5.41, 5.74) is 9.63. The molecule has 0 amide bonds. The van der Waals surface area contributed by atoms with Gasteiger partial charge in [-0.15, -0.1) is 0 Å². The highest BCUT2D eigenvalue weighted by Crippen LogP contribution is 2.40. The Morgan fingerprint density at radius 2 is 1.75 bits per heavy atom. The largest absolute Gasteiger partial charge is 0.459 e. The number of nitrogens with zero attached hydrogens (tertiary/aromatic N) is 1. The summed E-state index contributed by atoms with van der Waals surface area (Å²) in [5, 5.41) is 0. The van der Waals surface area contributed by atoms with Crippen LogP contribution in [0.3, 0.4) is 0 Å². The van der Waals surface area contributed by atoms with E-state index in [1.165, 1.54) is 11.1 Å². The van der Waals surface area contributed by atoms with Crippen LogP contribution in [0, 0.1) is 0 Å². The number of likely N-dealkylation sites (tertiary alicyclic amines) is 1. The first-order valence-electron chi connectivity index (χ1n) is 11.6. The minimum Gasteiger partial charge on any atom is -0.459 e. The molecule has 4 unspecified atom stereocenters. The number of nitrogens with two attached hydrogens (primary N) is 1. The molecular weight excluding hydrogens is 400 g/mol. The number of hydrogen-bond donors (Lipinski definition) is 1. The van der Waals surface area contributed by atoms with Crippen molar-refractivity contribution in [1.82, 2.24) is 4.90 Å². The molecule has 5 nitrogen and oxygen atoms in total. The minimum absolute atomic E-state index is 0.134. The molecule has 32 heavy (non-hydrogen) atoms. The molecule has 5 heteroatoms. The molecule has 174 valence electrons. The van der Waals surface area contributed by atoms with Gasteiger partial charge in [-0.3, -0.25) is 9.69 Å². The maximum atomic E-state index is 12.7. The molecule has 3 rings (SSSR count). The van der Waals surface area contributed by atoms with Gasteiger partial charge >= 0.3 is 5.97 Å². The molecular formula is C27H38N2O3. The van der Waals surface area contributed by atoms with Crippen LogP contribution in [0.5, 0.6) is 0 Å². The summed E-state index contributed by atoms with van der Waals surface area (Å²) in [4.78, 5) is 15.1. The molecule has 4 atom stereocenters. The lowest BCUT2D eigenvalue weighted by Crippen LogP contribution is -2.54. The average molecular weight is 439 g/mol. The van der Waals surface area contributed by atoms with Crippen LogP contribution in [0.25, 0.3) is 0 Å². The van der Waals surface area contributed by atoms with Crippen molar-refractivity contribution in [2.24, 2.45) is 5.73 Å². The van der Waals surface area contributed by atoms with Crippen molar-refractivity contribution in [1.29, 1.82) is 0 Å². The number of ether oxygens (including phenoxy) is 2. The minimum atomic E-state index is -0.697. The third-order valence-corrected chi connectivity index (χ3v) is 6.31. The van der Waals surface area contributed by atoms with Crippen molar-refractivity contribution in [3.63, 3.8) is 0 Å². The average Bonchev–Trinajstić information content (AvgIpc) is 2.78. The summed E-state index contributed by atoms with van der Waals surface area (Å²) < 4.78 is 10.8. The van der Waals surface area contributed by atoms with Crippen LogP contribution in [0.15, 0.2) is 54.6 Å². The van der Waals surface area contributed by atoms with Gasteiger partial charge in [0.2, 0.25) is 0 Å². The standard InChI is InChI=1S/C27H38N2O3/c1-19(25(28)26(30)32-27(2,3)4)29-16-15-23(21-9-7-6-8-10-21)17-24(29)22-13-11-20(12-14-22)18-31-5/h6-14,19,23-25H,15-18,28H2,1-5H3. The Balaban J connectivity index is 1.85. The van der Waals surface area contributed by atoms with Crippen LogP contribution in [0.2, 0.25) is 0 Å². The SMILES string of the molecule is COCc1ccc(C2CC(c3ccccc3)CCN2C(C)C(N)C(=O)OC(C)(C)C)cc1. The summed E-state index contributed by atoms with van der Waals surface area (Å²) >= 11 is 0. The van der Waals surface area contributed by atoms with Gasteiger partial charge in [0.05, 0.1) is 6.61 Å². The van der Waals surface area contributed by atoms with Crippen molar-refractivity contribution < 1.29 is 14.3 Å². The Bertz CT molecular complexity index is 861. The number of methoxy groups -OCH3 is 1. The maximum Gasteiger partial charge on any atom is 0.325 e. The van der Waals surface area contributed by atoms with Gasteiger partial charge in [0.15, 0.2) is 0 Å². The van der Waals surface area contributed by atoms with Gasteiger partial charge in [0.1, 0.15) is 11.6 Å². The molecule has 1 aliphatic rings. The topological polar surface area (TPSA) is 64.8 Å². The zero-order chi connectivity index (χ0) is 23.3. The first-order valence-corrected chi connectivity index (χ1v) is 11.6. The zero-order valence-corrected chi connectivity index (χ0v) is 20.1. The number of benzene rings is 2. The van der Waals surface area contributed by atoms with Crippen LogP contribution < -0.4 is 5.73 Å². The van der Waals surface area contributed by atoms with Crippen molar-refractivity contribution in [3.8, 4) is 0 Å². The molecule has 0 saturated carbocycles. The first kappa shape index (κ1) is 24.4. The number of hydrogen-bond acceptors (Lipinski definition) is 5. The predicted molar refractivity (Wildman–Crippen MR) is 128 cm³/mol. The normalized spacial score (nSPS) is 21.7. The molecule has 1 heterocycles. The Labute approximate surface area is 192 Å². The summed E-state index contributed by atoms with van der Waals surface area (Å²) in [6, 6.07) is 18.7. The summed E-state index contributed by atoms with van der Waals surface area (Å²) in [7, 11) is 1.71. The third-order valence-electron chi connectivity index (χ3n) is 6.31. The third kappa shape index (κ3) is 6.18. The maximum absolute atomic E-state index is 12.7. The Kier molecular flexibility index (Phi) is 8.10. The van der Waals surface area contributed by atoms with E-state index >= 15 is 0 Å². The monoisotopic (exact) mass is 438 g/mol. The molecule has 0 bridgehead atoms. The Morgan fingerprint density at radius 1 is 1.09 bits per heavy atom. The molecule has 1 fully saturated rings. The van der Waals surface area contributed by atoms with Crippen LogP contribution in [-0.4, -0.2) is 42.2 Å². The van der Waals surface area contributed by atoms with E-state index in [0.717, 1.165) is 24.9 Å². The highest BCUT2D eigenvalue weighted by atomic mass is 16.6. The molecule has 2 aromatic rings. The fourth-order valence-electron chi connectivity index (χ4n) is 4.60. The van der Waals surface area contributed by atoms with Gasteiger partial charge in [-0.2, -0.15) is 0 Å². The molecule has 0 aromatic heterocycles. The van der Waals surface area contributed by atoms with Gasteiger partial charge in [-0.1, -0.05) is 54.6 Å². The van der Waals surface area contributed by atoms with Crippen LogP contribution in [0.1, 0.15) is 69.2 Å². The van der Waals surface area contributed by atoms with E-state index in [2.05, 4.69) is 59.5 Å². The lowest BCUT2D eigenvalue weighted by Gasteiger charge is -2.44. The molecule has 0 radical (unpaired) electrons. The van der Waals surface area contributed by atoms with Gasteiger partial charge in [-0.25, -0.2) is 0 Å². The zero-order valence-electron chi connectivity index (χ0n) is 20.1. The number of rotatable bonds is 7. The molecule has 1 saturated heterocycles. The van der Waals surface area contributed by atoms with E-state index < -0.39 is 11.6 Å². The lowest BCUT2D eigenvalue weighted by atomic mass is 9.81. The summed E-state index contributed by atoms with van der Waals surface area (Å²) in [5.74, 6) is 0.130. The quantitative estimate of drug-likeness (QED) is 0.629. The second-order valence-electron chi connectivity index (χ2n) is 9.86. The van der Waals surface area contributed by atoms with Crippen molar-refractivity contribution >= 4 is 5.97 Å². The van der Waals surface area contributed by atoms with Crippen LogP contribution in [0.4, 0.5) is 0 Å². The molecule has 2 N–H and O–H groups in total. The smallest absolute Gasteiger partial charge is 0.325 e.